The lowest BCUT2D eigenvalue weighted by molar-refractivity contribution is -0.127. The number of fused-ring (bicyclic) bond motifs is 2. The highest BCUT2D eigenvalue weighted by Crippen LogP contribution is 2.58. The van der Waals surface area contributed by atoms with Crippen molar-refractivity contribution < 1.29 is 9.59 Å². The Labute approximate surface area is 239 Å². The van der Waals surface area contributed by atoms with Crippen molar-refractivity contribution in [2.45, 2.75) is 108 Å². The topological polar surface area (TPSA) is 87.5 Å². The van der Waals surface area contributed by atoms with Gasteiger partial charge < -0.3 is 16.4 Å². The van der Waals surface area contributed by atoms with Crippen molar-refractivity contribution in [2.75, 3.05) is 13.1 Å². The van der Waals surface area contributed by atoms with Gasteiger partial charge in [0.25, 0.3) is 0 Å². The number of nitrogens with one attached hydrogen (secondary N) is 2. The Kier molecular flexibility index (Phi) is 8.45. The van der Waals surface area contributed by atoms with Crippen molar-refractivity contribution in [1.82, 2.24) is 15.5 Å². The van der Waals surface area contributed by atoms with E-state index in [4.69, 9.17) is 5.73 Å². The van der Waals surface area contributed by atoms with Crippen molar-refractivity contribution in [2.24, 2.45) is 23.0 Å². The molecular weight excluding hydrogens is 496 g/mol. The summed E-state index contributed by atoms with van der Waals surface area (Å²) in [6, 6.07) is 15.4. The summed E-state index contributed by atoms with van der Waals surface area (Å²) in [5.41, 5.74) is 7.31. The number of hydrogen-bond donors (Lipinski definition) is 3. The number of amides is 2. The standard InChI is InChI=1S/C34H48N4O2/c35-32(39)25-15-18-34(27-12-4-2-1-3-5-13-27)22-30(33(40)37-28-16-19-36-20-17-28)38(31(34)21-25)23-26-11-8-10-24-9-6-7-14-29(24)26/h6-11,14,25,27-28,30-31,36H,1-5,12-13,15-23H2,(H2,35,39)(H,37,40). The summed E-state index contributed by atoms with van der Waals surface area (Å²) >= 11 is 0. The van der Waals surface area contributed by atoms with E-state index in [1.807, 2.05) is 0 Å². The number of benzene rings is 2. The second-order valence-corrected chi connectivity index (χ2v) is 13.2. The first-order valence-corrected chi connectivity index (χ1v) is 16.1. The molecule has 6 nitrogen and oxygen atoms in total. The minimum Gasteiger partial charge on any atom is -0.369 e. The number of nitrogens with two attached hydrogens (primary N) is 1. The van der Waals surface area contributed by atoms with Crippen molar-refractivity contribution in [3.8, 4) is 0 Å². The SMILES string of the molecule is NC(=O)C1CCC2(C3CCCCCCC3)CC(C(=O)NC3CCNCC3)N(Cc3cccc4ccccc34)C2C1. The fourth-order valence-corrected chi connectivity index (χ4v) is 8.92. The van der Waals surface area contributed by atoms with Gasteiger partial charge >= 0.3 is 0 Å². The molecule has 40 heavy (non-hydrogen) atoms. The van der Waals surface area contributed by atoms with E-state index < -0.39 is 0 Å². The van der Waals surface area contributed by atoms with Gasteiger partial charge in [-0.2, -0.15) is 0 Å². The zero-order chi connectivity index (χ0) is 27.5. The largest absolute Gasteiger partial charge is 0.369 e. The summed E-state index contributed by atoms with van der Waals surface area (Å²) in [5.74, 6) is 0.535. The van der Waals surface area contributed by atoms with Crippen molar-refractivity contribution in [1.29, 1.82) is 0 Å². The Hall–Kier alpha value is -2.44. The van der Waals surface area contributed by atoms with E-state index in [0.29, 0.717) is 5.92 Å². The number of carbonyl (C=O) groups is 2. The molecule has 4 N–H and O–H groups in total. The third kappa shape index (κ3) is 5.54. The summed E-state index contributed by atoms with van der Waals surface area (Å²) in [5, 5.41) is 9.41. The molecular formula is C34H48N4O2. The van der Waals surface area contributed by atoms with Gasteiger partial charge in [-0.3, -0.25) is 14.5 Å². The number of hydrogen-bond acceptors (Lipinski definition) is 4. The molecule has 2 saturated heterocycles. The predicted octanol–water partition coefficient (Wildman–Crippen LogP) is 5.28. The number of likely N-dealkylation sites (tertiary alicyclic amines) is 1. The maximum Gasteiger partial charge on any atom is 0.237 e. The molecule has 0 aromatic heterocycles. The number of carbonyl (C=O) groups excluding carboxylic acids is 2. The molecule has 0 radical (unpaired) electrons. The van der Waals surface area contributed by atoms with Gasteiger partial charge in [-0.1, -0.05) is 74.6 Å². The first-order chi connectivity index (χ1) is 19.5. The number of primary amides is 1. The van der Waals surface area contributed by atoms with Gasteiger partial charge in [-0.15, -0.1) is 0 Å². The molecule has 2 aliphatic heterocycles. The molecule has 6 rings (SSSR count). The first-order valence-electron chi connectivity index (χ1n) is 16.1. The number of nitrogens with zero attached hydrogens (tertiary/aromatic N) is 1. The van der Waals surface area contributed by atoms with Crippen LogP contribution in [0.2, 0.25) is 0 Å². The lowest BCUT2D eigenvalue weighted by Gasteiger charge is -2.49. The monoisotopic (exact) mass is 544 g/mol. The Morgan fingerprint density at radius 3 is 2.42 bits per heavy atom. The third-order valence-electron chi connectivity index (χ3n) is 11.0. The van der Waals surface area contributed by atoms with Crippen LogP contribution in [0, 0.1) is 17.3 Å². The van der Waals surface area contributed by atoms with E-state index in [1.165, 1.54) is 61.3 Å². The molecule has 2 heterocycles. The Morgan fingerprint density at radius 2 is 1.65 bits per heavy atom. The highest BCUT2D eigenvalue weighted by atomic mass is 16.2. The Bertz CT molecular complexity index is 1180. The van der Waals surface area contributed by atoms with E-state index in [1.54, 1.807) is 0 Å². The lowest BCUT2D eigenvalue weighted by Crippen LogP contribution is -2.53. The molecule has 2 saturated carbocycles. The second kappa shape index (κ2) is 12.2. The van der Waals surface area contributed by atoms with E-state index >= 15 is 0 Å². The van der Waals surface area contributed by atoms with Gasteiger partial charge in [0.05, 0.1) is 6.04 Å². The average Bonchev–Trinajstić information content (AvgIpc) is 3.28. The first kappa shape index (κ1) is 27.7. The molecule has 216 valence electrons. The molecule has 4 atom stereocenters. The lowest BCUT2D eigenvalue weighted by atomic mass is 9.58. The fourth-order valence-electron chi connectivity index (χ4n) is 8.92. The zero-order valence-corrected chi connectivity index (χ0v) is 24.1. The smallest absolute Gasteiger partial charge is 0.237 e. The van der Waals surface area contributed by atoms with Gasteiger partial charge in [0.1, 0.15) is 0 Å². The van der Waals surface area contributed by atoms with Crippen LogP contribution in [0.1, 0.15) is 89.0 Å². The summed E-state index contributed by atoms with van der Waals surface area (Å²) < 4.78 is 0. The van der Waals surface area contributed by atoms with Gasteiger partial charge in [0.2, 0.25) is 11.8 Å². The van der Waals surface area contributed by atoms with E-state index in [-0.39, 0.29) is 41.3 Å². The second-order valence-electron chi connectivity index (χ2n) is 13.2. The molecule has 6 heteroatoms. The summed E-state index contributed by atoms with van der Waals surface area (Å²) in [4.78, 5) is 29.3. The highest BCUT2D eigenvalue weighted by Gasteiger charge is 2.59. The molecule has 2 amide bonds. The predicted molar refractivity (Wildman–Crippen MR) is 160 cm³/mol. The van der Waals surface area contributed by atoms with Crippen molar-refractivity contribution in [3.63, 3.8) is 0 Å². The van der Waals surface area contributed by atoms with E-state index in [9.17, 15) is 9.59 Å². The third-order valence-corrected chi connectivity index (χ3v) is 11.0. The maximum absolute atomic E-state index is 14.2. The quantitative estimate of drug-likeness (QED) is 0.462. The van der Waals surface area contributed by atoms with Gasteiger partial charge in [-0.25, -0.2) is 0 Å². The fraction of sp³-hybridized carbons (Fsp3) is 0.647. The van der Waals surface area contributed by atoms with Crippen LogP contribution in [-0.2, 0) is 16.1 Å². The maximum atomic E-state index is 14.2. The molecule has 2 aromatic rings. The minimum atomic E-state index is -0.170. The molecule has 4 unspecified atom stereocenters. The van der Waals surface area contributed by atoms with Crippen LogP contribution in [0.3, 0.4) is 0 Å². The highest BCUT2D eigenvalue weighted by molar-refractivity contribution is 5.86. The molecule has 4 aliphatic rings. The molecule has 2 aromatic carbocycles. The van der Waals surface area contributed by atoms with E-state index in [0.717, 1.165) is 58.2 Å². The Balaban J connectivity index is 1.38. The van der Waals surface area contributed by atoms with Crippen LogP contribution in [0.25, 0.3) is 10.8 Å². The van der Waals surface area contributed by atoms with Gasteiger partial charge in [0, 0.05) is 24.5 Å². The van der Waals surface area contributed by atoms with Crippen LogP contribution in [0.5, 0.6) is 0 Å². The number of rotatable bonds is 6. The summed E-state index contributed by atoms with van der Waals surface area (Å²) in [7, 11) is 0. The van der Waals surface area contributed by atoms with E-state index in [2.05, 4.69) is 58.0 Å². The molecule has 0 bridgehead atoms. The minimum absolute atomic E-state index is 0.0734. The summed E-state index contributed by atoms with van der Waals surface area (Å²) in [6.07, 6.45) is 14.6. The number of piperidine rings is 1. The Morgan fingerprint density at radius 1 is 0.925 bits per heavy atom. The van der Waals surface area contributed by atoms with Crippen molar-refractivity contribution >= 4 is 22.6 Å². The van der Waals surface area contributed by atoms with Crippen molar-refractivity contribution in [3.05, 3.63) is 48.0 Å². The van der Waals surface area contributed by atoms with Crippen LogP contribution < -0.4 is 16.4 Å². The van der Waals surface area contributed by atoms with Crippen LogP contribution in [-0.4, -0.2) is 47.9 Å². The zero-order valence-electron chi connectivity index (χ0n) is 24.1. The van der Waals surface area contributed by atoms with Crippen LogP contribution in [0.4, 0.5) is 0 Å². The van der Waals surface area contributed by atoms with Gasteiger partial charge in [-0.05, 0) is 92.1 Å². The van der Waals surface area contributed by atoms with Crippen LogP contribution >= 0.6 is 0 Å². The summed E-state index contributed by atoms with van der Waals surface area (Å²) in [6.45, 7) is 2.66. The average molecular weight is 545 g/mol. The molecule has 2 aliphatic carbocycles. The molecule has 0 spiro atoms. The normalized spacial score (nSPS) is 30.9. The molecule has 4 fully saturated rings. The van der Waals surface area contributed by atoms with Gasteiger partial charge in [0.15, 0.2) is 0 Å². The van der Waals surface area contributed by atoms with Crippen LogP contribution in [0.15, 0.2) is 42.5 Å².